The van der Waals surface area contributed by atoms with Crippen molar-refractivity contribution in [1.82, 2.24) is 0 Å². The lowest BCUT2D eigenvalue weighted by Gasteiger charge is -2.04. The van der Waals surface area contributed by atoms with Gasteiger partial charge >= 0.3 is 5.97 Å². The predicted octanol–water partition coefficient (Wildman–Crippen LogP) is 1.22. The number of carboxylic acids is 1. The number of rotatable bonds is 2. The fraction of sp³-hybridized carbons (Fsp3) is 0.300. The summed E-state index contributed by atoms with van der Waals surface area (Å²) in [5.41, 5.74) is 7.17. The molecule has 4 nitrogen and oxygen atoms in total. The number of aliphatic carboxylic acids is 1. The minimum Gasteiger partial charge on any atom is -0.493 e. The summed E-state index contributed by atoms with van der Waals surface area (Å²) in [6, 6.07) is 5.34. The summed E-state index contributed by atoms with van der Waals surface area (Å²) in [5, 5.41) is 8.67. The third kappa shape index (κ3) is 1.51. The second-order valence-corrected chi connectivity index (χ2v) is 3.40. The van der Waals surface area contributed by atoms with E-state index in [0.29, 0.717) is 12.3 Å². The van der Waals surface area contributed by atoms with Crippen LogP contribution in [-0.4, -0.2) is 17.7 Å². The van der Waals surface area contributed by atoms with Crippen LogP contribution < -0.4 is 10.5 Å². The summed E-state index contributed by atoms with van der Waals surface area (Å²) < 4.78 is 5.35. The van der Waals surface area contributed by atoms with E-state index in [0.717, 1.165) is 11.3 Å². The van der Waals surface area contributed by atoms with Gasteiger partial charge in [0.1, 0.15) is 5.75 Å². The maximum Gasteiger partial charge on any atom is 0.304 e. The van der Waals surface area contributed by atoms with Crippen molar-refractivity contribution in [2.75, 3.05) is 12.3 Å². The number of nitrogen functional groups attached to an aromatic ring is 1. The second kappa shape index (κ2) is 3.21. The summed E-state index contributed by atoms with van der Waals surface area (Å²) in [6.45, 7) is 0.436. The highest BCUT2D eigenvalue weighted by molar-refractivity contribution is 5.69. The minimum absolute atomic E-state index is 0.0388. The minimum atomic E-state index is -0.803. The highest BCUT2D eigenvalue weighted by Gasteiger charge is 2.25. The molecule has 1 aliphatic rings. The zero-order valence-electron chi connectivity index (χ0n) is 7.56. The number of ether oxygens (including phenoxy) is 1. The van der Waals surface area contributed by atoms with Crippen LogP contribution in [0.15, 0.2) is 18.2 Å². The van der Waals surface area contributed by atoms with E-state index in [1.54, 1.807) is 12.1 Å². The van der Waals surface area contributed by atoms with E-state index in [9.17, 15) is 4.79 Å². The molecule has 0 spiro atoms. The van der Waals surface area contributed by atoms with E-state index in [-0.39, 0.29) is 12.3 Å². The maximum absolute atomic E-state index is 10.6. The molecule has 0 unspecified atom stereocenters. The van der Waals surface area contributed by atoms with Gasteiger partial charge in [0.05, 0.1) is 13.0 Å². The van der Waals surface area contributed by atoms with Crippen molar-refractivity contribution in [2.45, 2.75) is 12.3 Å². The van der Waals surface area contributed by atoms with Crippen LogP contribution in [0.5, 0.6) is 5.75 Å². The first kappa shape index (κ1) is 8.87. The summed E-state index contributed by atoms with van der Waals surface area (Å²) >= 11 is 0. The third-order valence-corrected chi connectivity index (χ3v) is 2.34. The fourth-order valence-corrected chi connectivity index (χ4v) is 1.67. The highest BCUT2D eigenvalue weighted by atomic mass is 16.5. The Labute approximate surface area is 81.3 Å². The predicted molar refractivity (Wildman–Crippen MR) is 51.3 cm³/mol. The number of benzene rings is 1. The third-order valence-electron chi connectivity index (χ3n) is 2.34. The van der Waals surface area contributed by atoms with Gasteiger partial charge in [0.15, 0.2) is 0 Å². The zero-order chi connectivity index (χ0) is 10.1. The van der Waals surface area contributed by atoms with Crippen LogP contribution in [0.2, 0.25) is 0 Å². The average molecular weight is 193 g/mol. The Morgan fingerprint density at radius 3 is 3.14 bits per heavy atom. The molecule has 74 valence electrons. The summed E-state index contributed by atoms with van der Waals surface area (Å²) in [5.74, 6) is -0.123. The molecule has 0 bridgehead atoms. The molecule has 0 saturated carbocycles. The molecule has 4 heteroatoms. The smallest absolute Gasteiger partial charge is 0.304 e. The van der Waals surface area contributed by atoms with Crippen LogP contribution in [0.3, 0.4) is 0 Å². The van der Waals surface area contributed by atoms with E-state index in [1.807, 2.05) is 6.07 Å². The Morgan fingerprint density at radius 1 is 1.64 bits per heavy atom. The van der Waals surface area contributed by atoms with E-state index < -0.39 is 5.97 Å². The highest BCUT2D eigenvalue weighted by Crippen LogP contribution is 2.36. The first-order valence-electron chi connectivity index (χ1n) is 4.41. The molecule has 1 aromatic rings. The Hall–Kier alpha value is -1.71. The van der Waals surface area contributed by atoms with Gasteiger partial charge in [0, 0.05) is 23.2 Å². The molecule has 3 N–H and O–H groups in total. The van der Waals surface area contributed by atoms with Crippen LogP contribution >= 0.6 is 0 Å². The largest absolute Gasteiger partial charge is 0.493 e. The van der Waals surface area contributed by atoms with Crippen molar-refractivity contribution in [3.8, 4) is 5.75 Å². The fourth-order valence-electron chi connectivity index (χ4n) is 1.67. The monoisotopic (exact) mass is 193 g/mol. The van der Waals surface area contributed by atoms with Crippen LogP contribution in [0.1, 0.15) is 17.9 Å². The molecule has 0 aliphatic carbocycles. The van der Waals surface area contributed by atoms with E-state index in [2.05, 4.69) is 0 Å². The molecule has 0 saturated heterocycles. The van der Waals surface area contributed by atoms with Crippen LogP contribution in [0.4, 0.5) is 5.69 Å². The van der Waals surface area contributed by atoms with Crippen molar-refractivity contribution < 1.29 is 14.6 Å². The molecular weight excluding hydrogens is 182 g/mol. The molecule has 2 rings (SSSR count). The van der Waals surface area contributed by atoms with Gasteiger partial charge in [-0.25, -0.2) is 0 Å². The van der Waals surface area contributed by atoms with Crippen LogP contribution in [0, 0.1) is 0 Å². The lowest BCUT2D eigenvalue weighted by Crippen LogP contribution is -2.07. The zero-order valence-corrected chi connectivity index (χ0v) is 7.56. The van der Waals surface area contributed by atoms with Gasteiger partial charge in [-0.15, -0.1) is 0 Å². The van der Waals surface area contributed by atoms with Gasteiger partial charge in [-0.2, -0.15) is 0 Å². The Kier molecular flexibility index (Phi) is 2.04. The number of hydrogen-bond acceptors (Lipinski definition) is 3. The van der Waals surface area contributed by atoms with Gasteiger partial charge in [-0.05, 0) is 6.07 Å². The lowest BCUT2D eigenvalue weighted by atomic mass is 9.98. The van der Waals surface area contributed by atoms with Gasteiger partial charge in [-0.1, -0.05) is 6.07 Å². The summed E-state index contributed by atoms with van der Waals surface area (Å²) in [7, 11) is 0. The second-order valence-electron chi connectivity index (χ2n) is 3.40. The summed E-state index contributed by atoms with van der Waals surface area (Å²) in [4.78, 5) is 10.6. The van der Waals surface area contributed by atoms with Crippen LogP contribution in [0.25, 0.3) is 0 Å². The SMILES string of the molecule is Nc1ccc2c(c1)OC[C@H]2CC(=O)O. The number of nitrogens with two attached hydrogens (primary N) is 1. The van der Waals surface area contributed by atoms with Crippen LogP contribution in [-0.2, 0) is 4.79 Å². The Morgan fingerprint density at radius 2 is 2.43 bits per heavy atom. The molecule has 14 heavy (non-hydrogen) atoms. The molecule has 1 atom stereocenters. The Bertz CT molecular complexity index is 376. The van der Waals surface area contributed by atoms with Crippen molar-refractivity contribution in [3.05, 3.63) is 23.8 Å². The topological polar surface area (TPSA) is 72.5 Å². The number of fused-ring (bicyclic) bond motifs is 1. The molecule has 0 amide bonds. The molecule has 1 aromatic carbocycles. The van der Waals surface area contributed by atoms with Gasteiger partial charge in [0.25, 0.3) is 0 Å². The maximum atomic E-state index is 10.6. The molecule has 1 heterocycles. The van der Waals surface area contributed by atoms with Gasteiger partial charge < -0.3 is 15.6 Å². The van der Waals surface area contributed by atoms with Gasteiger partial charge in [-0.3, -0.25) is 4.79 Å². The summed E-state index contributed by atoms with van der Waals surface area (Å²) in [6.07, 6.45) is 0.108. The molecular formula is C10H11NO3. The molecule has 0 radical (unpaired) electrons. The van der Waals surface area contributed by atoms with E-state index >= 15 is 0 Å². The van der Waals surface area contributed by atoms with Crippen molar-refractivity contribution in [2.24, 2.45) is 0 Å². The number of hydrogen-bond donors (Lipinski definition) is 2. The average Bonchev–Trinajstić information content (AvgIpc) is 2.47. The van der Waals surface area contributed by atoms with Crippen molar-refractivity contribution in [3.63, 3.8) is 0 Å². The molecule has 0 fully saturated rings. The van der Waals surface area contributed by atoms with Gasteiger partial charge in [0.2, 0.25) is 0 Å². The van der Waals surface area contributed by atoms with E-state index in [1.165, 1.54) is 0 Å². The molecule has 0 aromatic heterocycles. The van der Waals surface area contributed by atoms with Crippen molar-refractivity contribution in [1.29, 1.82) is 0 Å². The Balaban J connectivity index is 2.26. The first-order valence-corrected chi connectivity index (χ1v) is 4.41. The molecule has 1 aliphatic heterocycles. The standard InChI is InChI=1S/C10H11NO3/c11-7-1-2-8-6(3-10(12)13)5-14-9(8)4-7/h1-2,4,6H,3,5,11H2,(H,12,13)/t6-/m1/s1. The van der Waals surface area contributed by atoms with Crippen molar-refractivity contribution >= 4 is 11.7 Å². The number of carbonyl (C=O) groups is 1. The lowest BCUT2D eigenvalue weighted by molar-refractivity contribution is -0.137. The quantitative estimate of drug-likeness (QED) is 0.692. The normalized spacial score (nSPS) is 18.7. The van der Waals surface area contributed by atoms with E-state index in [4.69, 9.17) is 15.6 Å². The first-order chi connectivity index (χ1) is 6.66. The number of anilines is 1. The number of carboxylic acid groups (broad SMARTS) is 1.